The van der Waals surface area contributed by atoms with Gasteiger partial charge in [-0.05, 0) is 31.7 Å². The van der Waals surface area contributed by atoms with Crippen LogP contribution in [0.4, 0.5) is 0 Å². The van der Waals surface area contributed by atoms with E-state index in [2.05, 4.69) is 18.7 Å². The maximum atomic E-state index is 11.5. The summed E-state index contributed by atoms with van der Waals surface area (Å²) in [7, 11) is 1.38. The molecule has 1 aliphatic heterocycles. The topological polar surface area (TPSA) is 55.6 Å². The number of hydrogen-bond donors (Lipinski definition) is 1. The molecule has 1 unspecified atom stereocenters. The Labute approximate surface area is 98.1 Å². The van der Waals surface area contributed by atoms with E-state index in [1.54, 1.807) is 6.92 Å². The molecule has 0 aliphatic carbocycles. The number of rotatable bonds is 3. The summed E-state index contributed by atoms with van der Waals surface area (Å²) in [5.41, 5.74) is 5.40. The van der Waals surface area contributed by atoms with Crippen LogP contribution in [0, 0.1) is 5.41 Å². The lowest BCUT2D eigenvalue weighted by molar-refractivity contribution is -0.147. The summed E-state index contributed by atoms with van der Waals surface area (Å²) < 4.78 is 4.72. The lowest BCUT2D eigenvalue weighted by atomic mass is 9.83. The fourth-order valence-electron chi connectivity index (χ4n) is 2.44. The van der Waals surface area contributed by atoms with E-state index in [1.165, 1.54) is 20.0 Å². The van der Waals surface area contributed by atoms with E-state index in [4.69, 9.17) is 10.5 Å². The maximum absolute atomic E-state index is 11.5. The van der Waals surface area contributed by atoms with Crippen LogP contribution in [-0.4, -0.2) is 43.2 Å². The molecule has 1 atom stereocenters. The quantitative estimate of drug-likeness (QED) is 0.732. The lowest BCUT2D eigenvalue weighted by Gasteiger charge is -2.40. The lowest BCUT2D eigenvalue weighted by Crippen LogP contribution is -2.56. The highest BCUT2D eigenvalue weighted by atomic mass is 16.5. The molecule has 16 heavy (non-hydrogen) atoms. The normalized spacial score (nSPS) is 24.8. The molecule has 0 aromatic rings. The van der Waals surface area contributed by atoms with E-state index in [1.807, 2.05) is 0 Å². The van der Waals surface area contributed by atoms with Gasteiger partial charge < -0.3 is 15.4 Å². The summed E-state index contributed by atoms with van der Waals surface area (Å²) in [6, 6.07) is 0. The second-order valence-corrected chi connectivity index (χ2v) is 5.89. The van der Waals surface area contributed by atoms with E-state index in [9.17, 15) is 4.79 Å². The first-order chi connectivity index (χ1) is 7.27. The maximum Gasteiger partial charge on any atom is 0.326 e. The first kappa shape index (κ1) is 13.5. The zero-order chi connectivity index (χ0) is 12.4. The average Bonchev–Trinajstić information content (AvgIpc) is 2.14. The number of nitrogens with zero attached hydrogens (tertiary/aromatic N) is 1. The largest absolute Gasteiger partial charge is 0.468 e. The third-order valence-corrected chi connectivity index (χ3v) is 3.18. The Kier molecular flexibility index (Phi) is 3.97. The Morgan fingerprint density at radius 1 is 1.56 bits per heavy atom. The van der Waals surface area contributed by atoms with Gasteiger partial charge in [0.05, 0.1) is 7.11 Å². The van der Waals surface area contributed by atoms with Gasteiger partial charge in [0.2, 0.25) is 0 Å². The van der Waals surface area contributed by atoms with E-state index >= 15 is 0 Å². The van der Waals surface area contributed by atoms with Crippen molar-refractivity contribution in [3.63, 3.8) is 0 Å². The summed E-state index contributed by atoms with van der Waals surface area (Å²) in [5, 5.41) is 0. The van der Waals surface area contributed by atoms with Crippen molar-refractivity contribution in [2.24, 2.45) is 11.1 Å². The molecule has 1 saturated heterocycles. The fraction of sp³-hybridized carbons (Fsp3) is 0.917. The number of ether oxygens (including phenoxy) is 1. The van der Waals surface area contributed by atoms with Crippen LogP contribution in [0.1, 0.15) is 33.6 Å². The first-order valence-electron chi connectivity index (χ1n) is 5.86. The van der Waals surface area contributed by atoms with Crippen molar-refractivity contribution in [1.29, 1.82) is 0 Å². The first-order valence-corrected chi connectivity index (χ1v) is 5.86. The molecule has 4 nitrogen and oxygen atoms in total. The average molecular weight is 228 g/mol. The van der Waals surface area contributed by atoms with E-state index in [-0.39, 0.29) is 5.97 Å². The van der Waals surface area contributed by atoms with E-state index < -0.39 is 5.54 Å². The Morgan fingerprint density at radius 2 is 2.19 bits per heavy atom. The number of nitrogens with two attached hydrogens (primary N) is 1. The Morgan fingerprint density at radius 3 is 2.69 bits per heavy atom. The minimum atomic E-state index is -0.901. The molecule has 2 N–H and O–H groups in total. The summed E-state index contributed by atoms with van der Waals surface area (Å²) in [5.74, 6) is -0.337. The van der Waals surface area contributed by atoms with Gasteiger partial charge in [-0.1, -0.05) is 13.8 Å². The molecule has 0 aromatic carbocycles. The Bertz CT molecular complexity index is 262. The molecule has 1 heterocycles. The molecule has 4 heteroatoms. The fourth-order valence-corrected chi connectivity index (χ4v) is 2.44. The third-order valence-electron chi connectivity index (χ3n) is 3.18. The predicted octanol–water partition coefficient (Wildman–Crippen LogP) is 0.999. The minimum Gasteiger partial charge on any atom is -0.468 e. The molecule has 1 fully saturated rings. The molecule has 0 saturated carbocycles. The van der Waals surface area contributed by atoms with Crippen LogP contribution in [-0.2, 0) is 9.53 Å². The van der Waals surface area contributed by atoms with E-state index in [0.29, 0.717) is 12.0 Å². The highest BCUT2D eigenvalue weighted by Crippen LogP contribution is 2.28. The molecule has 1 aliphatic rings. The summed E-state index contributed by atoms with van der Waals surface area (Å²) >= 11 is 0. The SMILES string of the molecule is COC(=O)C(C)(N)CN1CCCC(C)(C)C1. The molecule has 0 spiro atoms. The monoisotopic (exact) mass is 228 g/mol. The van der Waals surface area contributed by atoms with Crippen LogP contribution in [0.15, 0.2) is 0 Å². The molecule has 0 radical (unpaired) electrons. The minimum absolute atomic E-state index is 0.324. The van der Waals surface area contributed by atoms with Gasteiger partial charge in [0.1, 0.15) is 5.54 Å². The van der Waals surface area contributed by atoms with Crippen molar-refractivity contribution in [3.05, 3.63) is 0 Å². The van der Waals surface area contributed by atoms with Crippen LogP contribution in [0.2, 0.25) is 0 Å². The van der Waals surface area contributed by atoms with E-state index in [0.717, 1.165) is 13.1 Å². The number of carbonyl (C=O) groups excluding carboxylic acids is 1. The zero-order valence-electron chi connectivity index (χ0n) is 10.9. The van der Waals surface area contributed by atoms with Crippen LogP contribution >= 0.6 is 0 Å². The smallest absolute Gasteiger partial charge is 0.326 e. The van der Waals surface area contributed by atoms with Gasteiger partial charge in [-0.3, -0.25) is 4.79 Å². The molecular weight excluding hydrogens is 204 g/mol. The van der Waals surface area contributed by atoms with Gasteiger partial charge in [0.25, 0.3) is 0 Å². The number of methoxy groups -OCH3 is 1. The number of hydrogen-bond acceptors (Lipinski definition) is 4. The number of likely N-dealkylation sites (tertiary alicyclic amines) is 1. The second-order valence-electron chi connectivity index (χ2n) is 5.89. The summed E-state index contributed by atoms with van der Waals surface area (Å²) in [6.07, 6.45) is 2.41. The molecular formula is C12H24N2O2. The van der Waals surface area contributed by atoms with Crippen LogP contribution in [0.3, 0.4) is 0 Å². The molecule has 0 bridgehead atoms. The molecule has 1 rings (SSSR count). The van der Waals surface area contributed by atoms with Gasteiger partial charge in [-0.15, -0.1) is 0 Å². The van der Waals surface area contributed by atoms with Crippen molar-refractivity contribution in [2.75, 3.05) is 26.7 Å². The van der Waals surface area contributed by atoms with Gasteiger partial charge in [0, 0.05) is 13.1 Å². The van der Waals surface area contributed by atoms with Crippen LogP contribution < -0.4 is 5.73 Å². The molecule has 0 amide bonds. The van der Waals surface area contributed by atoms with Gasteiger partial charge in [-0.25, -0.2) is 0 Å². The predicted molar refractivity (Wildman–Crippen MR) is 64.1 cm³/mol. The Hall–Kier alpha value is -0.610. The van der Waals surface area contributed by atoms with Crippen molar-refractivity contribution in [2.45, 2.75) is 39.2 Å². The molecule has 0 aromatic heterocycles. The number of esters is 1. The standard InChI is InChI=1S/C12H24N2O2/c1-11(2)6-5-7-14(8-11)9-12(3,13)10(15)16-4/h5-9,13H2,1-4H3. The number of piperidine rings is 1. The number of carbonyl (C=O) groups is 1. The highest BCUT2D eigenvalue weighted by Gasteiger charge is 2.35. The van der Waals surface area contributed by atoms with Gasteiger partial charge in [0.15, 0.2) is 0 Å². The second kappa shape index (κ2) is 4.72. The zero-order valence-corrected chi connectivity index (χ0v) is 10.9. The van der Waals surface area contributed by atoms with Crippen molar-refractivity contribution in [1.82, 2.24) is 4.90 Å². The Balaban J connectivity index is 2.57. The van der Waals surface area contributed by atoms with Crippen LogP contribution in [0.5, 0.6) is 0 Å². The van der Waals surface area contributed by atoms with Gasteiger partial charge in [-0.2, -0.15) is 0 Å². The highest BCUT2D eigenvalue weighted by molar-refractivity contribution is 5.80. The van der Waals surface area contributed by atoms with Crippen LogP contribution in [0.25, 0.3) is 0 Å². The van der Waals surface area contributed by atoms with Crippen molar-refractivity contribution < 1.29 is 9.53 Å². The van der Waals surface area contributed by atoms with Crippen molar-refractivity contribution in [3.8, 4) is 0 Å². The van der Waals surface area contributed by atoms with Crippen molar-refractivity contribution >= 4 is 5.97 Å². The molecule has 94 valence electrons. The summed E-state index contributed by atoms with van der Waals surface area (Å²) in [4.78, 5) is 13.8. The van der Waals surface area contributed by atoms with Gasteiger partial charge >= 0.3 is 5.97 Å². The summed E-state index contributed by atoms with van der Waals surface area (Å²) in [6.45, 7) is 8.84. The third kappa shape index (κ3) is 3.46.